The van der Waals surface area contributed by atoms with E-state index in [1.54, 1.807) is 69.3 Å². The Bertz CT molecular complexity index is 1340. The van der Waals surface area contributed by atoms with Gasteiger partial charge in [-0.25, -0.2) is 13.4 Å². The Kier molecular flexibility index (Phi) is 9.43. The van der Waals surface area contributed by atoms with Crippen LogP contribution in [0, 0.1) is 0 Å². The molecular weight excluding hydrogens is 508 g/mol. The summed E-state index contributed by atoms with van der Waals surface area (Å²) in [7, 11) is -4.04. The number of esters is 1. The number of nitrogens with two attached hydrogens (primary N) is 1. The van der Waals surface area contributed by atoms with Crippen LogP contribution in [0.5, 0.6) is 5.75 Å². The van der Waals surface area contributed by atoms with Crippen LogP contribution in [0.3, 0.4) is 0 Å². The fraction of sp³-hybridized carbons (Fsp3) is 0.296. The second-order valence-electron chi connectivity index (χ2n) is 9.41. The minimum absolute atomic E-state index is 0.0120. The predicted octanol–water partition coefficient (Wildman–Crippen LogP) is 2.70. The highest BCUT2D eigenvalue weighted by molar-refractivity contribution is 7.89. The van der Waals surface area contributed by atoms with Crippen LogP contribution in [-0.2, 0) is 26.0 Å². The summed E-state index contributed by atoms with van der Waals surface area (Å²) in [6.07, 6.45) is 0.568. The number of nitrogens with one attached hydrogen (secondary N) is 2. The summed E-state index contributed by atoms with van der Waals surface area (Å²) in [5.74, 6) is -0.295. The number of hydrogen-bond donors (Lipinski definition) is 3. The Labute approximate surface area is 222 Å². The van der Waals surface area contributed by atoms with Crippen molar-refractivity contribution in [2.75, 3.05) is 18.9 Å². The largest absolute Gasteiger partial charge is 0.493 e. The molecule has 1 aromatic heterocycles. The van der Waals surface area contributed by atoms with E-state index in [0.717, 1.165) is 5.69 Å². The van der Waals surface area contributed by atoms with Crippen LogP contribution in [-0.4, -0.2) is 50.1 Å². The topological polar surface area (TPSA) is 150 Å². The predicted molar refractivity (Wildman–Crippen MR) is 143 cm³/mol. The van der Waals surface area contributed by atoms with Crippen molar-refractivity contribution >= 4 is 27.7 Å². The van der Waals surface area contributed by atoms with Gasteiger partial charge in [-0.05, 0) is 69.3 Å². The quantitative estimate of drug-likeness (QED) is 0.314. The fourth-order valence-electron chi connectivity index (χ4n) is 3.31. The van der Waals surface area contributed by atoms with Crippen LogP contribution < -0.4 is 20.5 Å². The highest BCUT2D eigenvalue weighted by atomic mass is 32.2. The molecule has 0 unspecified atom stereocenters. The molecule has 1 amide bonds. The third-order valence-corrected chi connectivity index (χ3v) is 6.57. The Morgan fingerprint density at radius 1 is 0.974 bits per heavy atom. The molecule has 0 aliphatic rings. The van der Waals surface area contributed by atoms with Gasteiger partial charge in [-0.2, -0.15) is 4.72 Å². The van der Waals surface area contributed by atoms with Gasteiger partial charge in [0, 0.05) is 24.2 Å². The first-order chi connectivity index (χ1) is 17.9. The van der Waals surface area contributed by atoms with Crippen molar-refractivity contribution in [3.05, 3.63) is 84.1 Å². The molecular formula is C27H32N4O6S. The summed E-state index contributed by atoms with van der Waals surface area (Å²) in [5, 5.41) is 2.60. The maximum atomic E-state index is 12.8. The van der Waals surface area contributed by atoms with Crippen molar-refractivity contribution in [1.29, 1.82) is 0 Å². The number of benzene rings is 2. The maximum absolute atomic E-state index is 12.8. The first kappa shape index (κ1) is 28.6. The van der Waals surface area contributed by atoms with Gasteiger partial charge in [-0.1, -0.05) is 24.3 Å². The van der Waals surface area contributed by atoms with Crippen LogP contribution in [0.25, 0.3) is 0 Å². The molecule has 1 atom stereocenters. The highest BCUT2D eigenvalue weighted by Crippen LogP contribution is 2.14. The third-order valence-electron chi connectivity index (χ3n) is 5.08. The van der Waals surface area contributed by atoms with Crippen LogP contribution in [0.1, 0.15) is 36.8 Å². The first-order valence-electron chi connectivity index (χ1n) is 12.0. The van der Waals surface area contributed by atoms with Gasteiger partial charge in [0.15, 0.2) is 0 Å². The number of carbonyl (C=O) groups is 2. The lowest BCUT2D eigenvalue weighted by atomic mass is 10.2. The minimum atomic E-state index is -4.04. The molecule has 4 N–H and O–H groups in total. The standard InChI is InChI=1S/C27H32N4O6S/c1-27(2,3)37-26(33)23(31-38(34,35)22-9-5-4-6-10-22)18-29-25(32)19-12-14-21(15-13-19)36-17-16-20-8-7-11-24(28)30-20/h4-15,23,31H,16-18H2,1-3H3,(H2,28,30)(H,29,32)/t23-/m0/s1. The molecule has 0 spiro atoms. The zero-order chi connectivity index (χ0) is 27.8. The van der Waals surface area contributed by atoms with Crippen molar-refractivity contribution in [3.8, 4) is 5.75 Å². The molecule has 0 fully saturated rings. The Balaban J connectivity index is 1.60. The number of aromatic nitrogens is 1. The van der Waals surface area contributed by atoms with Gasteiger partial charge in [0.1, 0.15) is 23.2 Å². The van der Waals surface area contributed by atoms with E-state index < -0.39 is 33.5 Å². The van der Waals surface area contributed by atoms with Gasteiger partial charge in [-0.15, -0.1) is 0 Å². The molecule has 10 nitrogen and oxygen atoms in total. The van der Waals surface area contributed by atoms with Gasteiger partial charge in [0.2, 0.25) is 10.0 Å². The summed E-state index contributed by atoms with van der Waals surface area (Å²) in [6.45, 7) is 5.07. The monoisotopic (exact) mass is 540 g/mol. The molecule has 2 aromatic carbocycles. The van der Waals surface area contributed by atoms with Crippen molar-refractivity contribution < 1.29 is 27.5 Å². The van der Waals surface area contributed by atoms with Crippen molar-refractivity contribution in [2.24, 2.45) is 0 Å². The number of nitrogens with zero attached hydrogens (tertiary/aromatic N) is 1. The molecule has 1 heterocycles. The number of ether oxygens (including phenoxy) is 2. The summed E-state index contributed by atoms with van der Waals surface area (Å²) >= 11 is 0. The summed E-state index contributed by atoms with van der Waals surface area (Å²) in [4.78, 5) is 29.7. The molecule has 11 heteroatoms. The zero-order valence-corrected chi connectivity index (χ0v) is 22.3. The molecule has 0 bridgehead atoms. The number of nitrogen functional groups attached to an aromatic ring is 1. The molecule has 0 aliphatic heterocycles. The second kappa shape index (κ2) is 12.5. The van der Waals surface area contributed by atoms with E-state index in [1.807, 2.05) is 12.1 Å². The summed E-state index contributed by atoms with van der Waals surface area (Å²) in [6, 6.07) is 18.1. The van der Waals surface area contributed by atoms with Gasteiger partial charge in [-0.3, -0.25) is 9.59 Å². The minimum Gasteiger partial charge on any atom is -0.493 e. The van der Waals surface area contributed by atoms with Gasteiger partial charge < -0.3 is 20.5 Å². The van der Waals surface area contributed by atoms with Gasteiger partial charge in [0.05, 0.1) is 11.5 Å². The lowest BCUT2D eigenvalue weighted by Gasteiger charge is -2.24. The number of sulfonamides is 1. The second-order valence-corrected chi connectivity index (χ2v) is 11.1. The SMILES string of the molecule is CC(C)(C)OC(=O)[C@H](CNC(=O)c1ccc(OCCc2cccc(N)n2)cc1)NS(=O)(=O)c1ccccc1. The van der Waals surface area contributed by atoms with E-state index >= 15 is 0 Å². The molecule has 0 saturated heterocycles. The lowest BCUT2D eigenvalue weighted by Crippen LogP contribution is -2.50. The van der Waals surface area contributed by atoms with Crippen LogP contribution in [0.4, 0.5) is 5.82 Å². The van der Waals surface area contributed by atoms with E-state index in [9.17, 15) is 18.0 Å². The van der Waals surface area contributed by atoms with Crippen LogP contribution in [0.2, 0.25) is 0 Å². The van der Waals surface area contributed by atoms with Crippen molar-refractivity contribution in [2.45, 2.75) is 43.7 Å². The van der Waals surface area contributed by atoms with E-state index in [4.69, 9.17) is 15.2 Å². The van der Waals surface area contributed by atoms with Crippen molar-refractivity contribution in [3.63, 3.8) is 0 Å². The number of hydrogen-bond acceptors (Lipinski definition) is 8. The molecule has 202 valence electrons. The Morgan fingerprint density at radius 3 is 2.29 bits per heavy atom. The molecule has 0 aliphatic carbocycles. The number of anilines is 1. The normalized spacial score (nSPS) is 12.4. The van der Waals surface area contributed by atoms with E-state index in [-0.39, 0.29) is 11.4 Å². The highest BCUT2D eigenvalue weighted by Gasteiger charge is 2.30. The maximum Gasteiger partial charge on any atom is 0.326 e. The van der Waals surface area contributed by atoms with Gasteiger partial charge >= 0.3 is 5.97 Å². The molecule has 0 radical (unpaired) electrons. The summed E-state index contributed by atoms with van der Waals surface area (Å²) < 4.78 is 39.0. The molecule has 3 aromatic rings. The molecule has 38 heavy (non-hydrogen) atoms. The number of carbonyl (C=O) groups excluding carboxylic acids is 2. The third kappa shape index (κ3) is 8.86. The number of amides is 1. The van der Waals surface area contributed by atoms with E-state index in [2.05, 4.69) is 15.0 Å². The van der Waals surface area contributed by atoms with Crippen LogP contribution >= 0.6 is 0 Å². The van der Waals surface area contributed by atoms with E-state index in [0.29, 0.717) is 30.2 Å². The van der Waals surface area contributed by atoms with Crippen LogP contribution in [0.15, 0.2) is 77.7 Å². The number of rotatable bonds is 11. The lowest BCUT2D eigenvalue weighted by molar-refractivity contribution is -0.156. The zero-order valence-electron chi connectivity index (χ0n) is 21.5. The number of pyridine rings is 1. The summed E-state index contributed by atoms with van der Waals surface area (Å²) in [5.41, 5.74) is 5.95. The fourth-order valence-corrected chi connectivity index (χ4v) is 4.52. The average Bonchev–Trinajstić information content (AvgIpc) is 2.86. The van der Waals surface area contributed by atoms with Gasteiger partial charge in [0.25, 0.3) is 5.91 Å². The smallest absolute Gasteiger partial charge is 0.326 e. The average molecular weight is 541 g/mol. The Hall–Kier alpha value is -3.96. The molecule has 3 rings (SSSR count). The van der Waals surface area contributed by atoms with E-state index in [1.165, 1.54) is 12.1 Å². The van der Waals surface area contributed by atoms with Crippen molar-refractivity contribution in [1.82, 2.24) is 15.0 Å². The Morgan fingerprint density at radius 2 is 1.66 bits per heavy atom. The first-order valence-corrected chi connectivity index (χ1v) is 13.4. The molecule has 0 saturated carbocycles.